The zero-order chi connectivity index (χ0) is 10.5. The summed E-state index contributed by atoms with van der Waals surface area (Å²) < 4.78 is 9.16. The molecule has 0 N–H and O–H groups in total. The van der Waals surface area contributed by atoms with Crippen LogP contribution in [-0.2, 0) is 37.4 Å². The molecule has 0 spiro atoms. The van der Waals surface area contributed by atoms with E-state index >= 15 is 0 Å². The molecular formula is C12H23O2Y-. The maximum Gasteiger partial charge on any atom is 0.118 e. The van der Waals surface area contributed by atoms with Gasteiger partial charge in [0.25, 0.3) is 0 Å². The molecule has 0 fully saturated rings. The van der Waals surface area contributed by atoms with E-state index in [0.717, 1.165) is 5.75 Å². The van der Waals surface area contributed by atoms with E-state index in [2.05, 4.69) is 4.74 Å². The molecule has 0 aliphatic heterocycles. The van der Waals surface area contributed by atoms with Crippen LogP contribution in [0.25, 0.3) is 0 Å². The molecule has 1 rings (SSSR count). The predicted molar refractivity (Wildman–Crippen MR) is 63.7 cm³/mol. The molecule has 0 atom stereocenters. The summed E-state index contributed by atoms with van der Waals surface area (Å²) in [4.78, 5) is 0. The molecule has 0 saturated heterocycles. The molecule has 87 valence electrons. The van der Waals surface area contributed by atoms with E-state index in [1.807, 2.05) is 44.2 Å². The molecule has 0 aliphatic carbocycles. The van der Waals surface area contributed by atoms with Crippen molar-refractivity contribution >= 4 is 0 Å². The number of hydrogen-bond acceptors (Lipinski definition) is 2. The minimum absolute atomic E-state index is 0. The summed E-state index contributed by atoms with van der Waals surface area (Å²) in [5, 5.41) is 0. The average molecular weight is 288 g/mol. The van der Waals surface area contributed by atoms with Crippen LogP contribution in [-0.4, -0.2) is 21.3 Å². The van der Waals surface area contributed by atoms with Crippen LogP contribution in [0, 0.1) is 7.43 Å². The van der Waals surface area contributed by atoms with Crippen LogP contribution in [0.4, 0.5) is 0 Å². The summed E-state index contributed by atoms with van der Waals surface area (Å²) in [5.41, 5.74) is 0. The molecule has 0 aromatic heterocycles. The first-order chi connectivity index (χ1) is 6.35. The number of ether oxygens (including phenoxy) is 2. The van der Waals surface area contributed by atoms with Gasteiger partial charge in [0, 0.05) is 46.9 Å². The van der Waals surface area contributed by atoms with Crippen LogP contribution >= 0.6 is 0 Å². The van der Waals surface area contributed by atoms with Gasteiger partial charge in [-0.3, -0.25) is 0 Å². The van der Waals surface area contributed by atoms with Crippen LogP contribution in [0.2, 0.25) is 0 Å². The van der Waals surface area contributed by atoms with Gasteiger partial charge in [0.15, 0.2) is 0 Å². The zero-order valence-corrected chi connectivity index (χ0v) is 13.6. The summed E-state index contributed by atoms with van der Waals surface area (Å²) in [6.45, 7) is 4.00. The fourth-order valence-corrected chi connectivity index (χ4v) is 0.557. The second kappa shape index (κ2) is 23.7. The normalized spacial score (nSPS) is 6.20. The molecule has 1 aromatic carbocycles. The van der Waals surface area contributed by atoms with Crippen molar-refractivity contribution in [2.45, 2.75) is 13.8 Å². The molecule has 0 unspecified atom stereocenters. The van der Waals surface area contributed by atoms with Crippen molar-refractivity contribution in [2.24, 2.45) is 0 Å². The molecule has 0 saturated carbocycles. The van der Waals surface area contributed by atoms with Crippen molar-refractivity contribution in [2.75, 3.05) is 21.3 Å². The number of hydrogen-bond donors (Lipinski definition) is 0. The van der Waals surface area contributed by atoms with Crippen molar-refractivity contribution in [3.63, 3.8) is 0 Å². The number of rotatable bonds is 1. The minimum Gasteiger partial charge on any atom is -0.497 e. The number of benzene rings is 1. The third kappa shape index (κ3) is 20.2. The van der Waals surface area contributed by atoms with Crippen molar-refractivity contribution in [1.82, 2.24) is 0 Å². The fourth-order valence-electron chi connectivity index (χ4n) is 0.557. The Bertz CT molecular complexity index is 167. The molecule has 1 radical (unpaired) electrons. The summed E-state index contributed by atoms with van der Waals surface area (Å²) >= 11 is 0. The second-order valence-corrected chi connectivity index (χ2v) is 1.93. The molecule has 0 bridgehead atoms. The monoisotopic (exact) mass is 288 g/mol. The van der Waals surface area contributed by atoms with Gasteiger partial charge in [0.2, 0.25) is 0 Å². The largest absolute Gasteiger partial charge is 0.497 e. The van der Waals surface area contributed by atoms with E-state index in [1.165, 1.54) is 0 Å². The van der Waals surface area contributed by atoms with E-state index in [9.17, 15) is 0 Å². The van der Waals surface area contributed by atoms with Crippen LogP contribution in [0.15, 0.2) is 30.3 Å². The first-order valence-corrected chi connectivity index (χ1v) is 4.34. The van der Waals surface area contributed by atoms with Gasteiger partial charge in [-0.15, -0.1) is 0 Å². The SMILES string of the molecule is CC.COC.COc1ccccc1.[CH3-].[Y]. The van der Waals surface area contributed by atoms with Gasteiger partial charge in [-0.05, 0) is 12.1 Å². The summed E-state index contributed by atoms with van der Waals surface area (Å²) in [5.74, 6) is 0.910. The van der Waals surface area contributed by atoms with E-state index < -0.39 is 0 Å². The zero-order valence-electron chi connectivity index (χ0n) is 10.8. The molecule has 3 heteroatoms. The Labute approximate surface area is 120 Å². The molecular weight excluding hydrogens is 265 g/mol. The van der Waals surface area contributed by atoms with E-state index in [-0.39, 0.29) is 40.1 Å². The van der Waals surface area contributed by atoms with Crippen LogP contribution in [0.1, 0.15) is 13.8 Å². The fraction of sp³-hybridized carbons (Fsp3) is 0.417. The summed E-state index contributed by atoms with van der Waals surface area (Å²) in [6.07, 6.45) is 0. The standard InChI is InChI=1S/C7H8O.C2H6O.C2H6.CH3.Y/c1-8-7-5-3-2-4-6-7;1-3-2;1-2;;/h2-6H,1H3;1-2H3;1-2H3;1H3;/q;;;-1;. The third-order valence-corrected chi connectivity index (χ3v) is 0.979. The van der Waals surface area contributed by atoms with Crippen LogP contribution in [0.5, 0.6) is 5.75 Å². The van der Waals surface area contributed by atoms with Crippen LogP contribution < -0.4 is 4.74 Å². The van der Waals surface area contributed by atoms with Crippen molar-refractivity contribution in [3.05, 3.63) is 37.8 Å². The minimum atomic E-state index is 0. The maximum absolute atomic E-state index is 4.91. The van der Waals surface area contributed by atoms with Crippen LogP contribution in [0.3, 0.4) is 0 Å². The molecule has 1 aromatic rings. The second-order valence-electron chi connectivity index (χ2n) is 1.93. The topological polar surface area (TPSA) is 18.5 Å². The Kier molecular flexibility index (Phi) is 38.5. The van der Waals surface area contributed by atoms with E-state index in [0.29, 0.717) is 0 Å². The van der Waals surface area contributed by atoms with Gasteiger partial charge in [-0.2, -0.15) is 0 Å². The van der Waals surface area contributed by atoms with Gasteiger partial charge in [0.1, 0.15) is 5.75 Å². The smallest absolute Gasteiger partial charge is 0.118 e. The Morgan fingerprint density at radius 3 is 1.40 bits per heavy atom. The van der Waals surface area contributed by atoms with Crippen molar-refractivity contribution in [1.29, 1.82) is 0 Å². The molecule has 0 amide bonds. The Hall–Kier alpha value is 0.0839. The third-order valence-electron chi connectivity index (χ3n) is 0.979. The molecule has 15 heavy (non-hydrogen) atoms. The quantitative estimate of drug-likeness (QED) is 0.737. The number of methoxy groups -OCH3 is 2. The average Bonchev–Trinajstić information content (AvgIpc) is 2.23. The van der Waals surface area contributed by atoms with Crippen molar-refractivity contribution < 1.29 is 42.2 Å². The van der Waals surface area contributed by atoms with E-state index in [1.54, 1.807) is 21.3 Å². The predicted octanol–water partition coefficient (Wildman–Crippen LogP) is 3.43. The van der Waals surface area contributed by atoms with Gasteiger partial charge in [-0.25, -0.2) is 0 Å². The maximum atomic E-state index is 4.91. The van der Waals surface area contributed by atoms with Gasteiger partial charge < -0.3 is 16.9 Å². The summed E-state index contributed by atoms with van der Waals surface area (Å²) in [7, 11) is 4.91. The van der Waals surface area contributed by atoms with Gasteiger partial charge >= 0.3 is 0 Å². The Morgan fingerprint density at radius 2 is 1.20 bits per heavy atom. The first kappa shape index (κ1) is 24.4. The molecule has 0 heterocycles. The molecule has 0 aliphatic rings. The number of para-hydroxylation sites is 1. The van der Waals surface area contributed by atoms with Crippen molar-refractivity contribution in [3.8, 4) is 5.75 Å². The van der Waals surface area contributed by atoms with Gasteiger partial charge in [-0.1, -0.05) is 32.0 Å². The first-order valence-electron chi connectivity index (χ1n) is 4.34. The Morgan fingerprint density at radius 1 is 0.867 bits per heavy atom. The van der Waals surface area contributed by atoms with E-state index in [4.69, 9.17) is 4.74 Å². The summed E-state index contributed by atoms with van der Waals surface area (Å²) in [6, 6.07) is 9.68. The Balaban J connectivity index is -0.0000000763. The molecule has 2 nitrogen and oxygen atoms in total. The van der Waals surface area contributed by atoms with Gasteiger partial charge in [0.05, 0.1) is 7.11 Å².